The molecule has 0 saturated heterocycles. The average Bonchev–Trinajstić information content (AvgIpc) is 2.36. The van der Waals surface area contributed by atoms with Gasteiger partial charge < -0.3 is 19.9 Å². The molecule has 1 aromatic carbocycles. The van der Waals surface area contributed by atoms with Crippen LogP contribution in [0.5, 0.6) is 5.75 Å². The topological polar surface area (TPSA) is 84.9 Å². The summed E-state index contributed by atoms with van der Waals surface area (Å²) in [5.74, 6) is -1.25. The van der Waals surface area contributed by atoms with Crippen LogP contribution in [0.15, 0.2) is 24.3 Å². The van der Waals surface area contributed by atoms with Gasteiger partial charge in [0.05, 0.1) is 6.61 Å². The lowest BCUT2D eigenvalue weighted by Crippen LogP contribution is -2.38. The molecular weight excluding hydrogens is 250 g/mol. The van der Waals surface area contributed by atoms with Crippen LogP contribution in [0.4, 0.5) is 0 Å². The number of carboxylic acids is 1. The zero-order valence-electron chi connectivity index (χ0n) is 10.9. The lowest BCUT2D eigenvalue weighted by atomic mass is 10.2. The molecule has 1 aromatic rings. The lowest BCUT2D eigenvalue weighted by Gasteiger charge is -2.13. The Balaban J connectivity index is 2.53. The van der Waals surface area contributed by atoms with Gasteiger partial charge in [0.15, 0.2) is 6.61 Å². The molecule has 0 saturated carbocycles. The minimum Gasteiger partial charge on any atom is -0.483 e. The Morgan fingerprint density at radius 1 is 1.37 bits per heavy atom. The van der Waals surface area contributed by atoms with Crippen LogP contribution in [0.3, 0.4) is 0 Å². The van der Waals surface area contributed by atoms with E-state index in [2.05, 4.69) is 5.32 Å². The first-order valence-corrected chi connectivity index (χ1v) is 5.78. The van der Waals surface area contributed by atoms with E-state index in [4.69, 9.17) is 14.6 Å². The summed E-state index contributed by atoms with van der Waals surface area (Å²) in [5.41, 5.74) is 0.0280. The molecule has 1 atom stereocenters. The number of methoxy groups -OCH3 is 1. The molecule has 0 radical (unpaired) electrons. The molecule has 0 spiro atoms. The van der Waals surface area contributed by atoms with Gasteiger partial charge in [0, 0.05) is 13.2 Å². The van der Waals surface area contributed by atoms with Crippen molar-refractivity contribution in [3.63, 3.8) is 0 Å². The van der Waals surface area contributed by atoms with Gasteiger partial charge in [-0.3, -0.25) is 4.79 Å². The average molecular weight is 267 g/mol. The minimum atomic E-state index is -1.09. The van der Waals surface area contributed by atoms with Crippen molar-refractivity contribution >= 4 is 11.9 Å². The number of benzene rings is 1. The van der Waals surface area contributed by atoms with Crippen LogP contribution in [0, 0.1) is 0 Å². The molecule has 1 unspecified atom stereocenters. The maximum absolute atomic E-state index is 11.5. The first kappa shape index (κ1) is 15.0. The van der Waals surface area contributed by atoms with Crippen molar-refractivity contribution in [2.45, 2.75) is 13.0 Å². The third-order valence-corrected chi connectivity index (χ3v) is 2.30. The Bertz CT molecular complexity index is 446. The molecule has 0 bridgehead atoms. The van der Waals surface area contributed by atoms with Crippen molar-refractivity contribution < 1.29 is 24.2 Å². The van der Waals surface area contributed by atoms with Crippen LogP contribution < -0.4 is 10.1 Å². The van der Waals surface area contributed by atoms with Crippen LogP contribution in [0.2, 0.25) is 0 Å². The summed E-state index contributed by atoms with van der Waals surface area (Å²) < 4.78 is 10.1. The summed E-state index contributed by atoms with van der Waals surface area (Å²) in [7, 11) is 1.54. The molecule has 0 aliphatic rings. The Morgan fingerprint density at radius 3 is 2.68 bits per heavy atom. The molecule has 6 heteroatoms. The summed E-state index contributed by atoms with van der Waals surface area (Å²) in [6.07, 6.45) is 0. The quantitative estimate of drug-likeness (QED) is 0.767. The first-order chi connectivity index (χ1) is 9.04. The largest absolute Gasteiger partial charge is 0.483 e. The highest BCUT2D eigenvalue weighted by atomic mass is 16.5. The number of hydrogen-bond donors (Lipinski definition) is 2. The number of carbonyl (C=O) groups is 2. The maximum Gasteiger partial charge on any atom is 0.339 e. The summed E-state index contributed by atoms with van der Waals surface area (Å²) >= 11 is 0. The van der Waals surface area contributed by atoms with E-state index in [1.807, 2.05) is 0 Å². The zero-order chi connectivity index (χ0) is 14.3. The van der Waals surface area contributed by atoms with E-state index in [9.17, 15) is 9.59 Å². The SMILES string of the molecule is COCC(C)NC(=O)COc1ccccc1C(=O)O. The van der Waals surface area contributed by atoms with E-state index in [0.717, 1.165) is 0 Å². The summed E-state index contributed by atoms with van der Waals surface area (Å²) in [6, 6.07) is 6.04. The van der Waals surface area contributed by atoms with Gasteiger partial charge in [-0.15, -0.1) is 0 Å². The first-order valence-electron chi connectivity index (χ1n) is 5.78. The Kier molecular flexibility index (Phi) is 5.81. The van der Waals surface area contributed by atoms with Gasteiger partial charge >= 0.3 is 5.97 Å². The standard InChI is InChI=1S/C13H17NO5/c1-9(7-18-2)14-12(15)8-19-11-6-4-3-5-10(11)13(16)17/h3-6,9H,7-8H2,1-2H3,(H,14,15)(H,16,17). The van der Waals surface area contributed by atoms with Gasteiger partial charge in [-0.05, 0) is 19.1 Å². The highest BCUT2D eigenvalue weighted by molar-refractivity contribution is 5.91. The van der Waals surface area contributed by atoms with Gasteiger partial charge in [0.25, 0.3) is 5.91 Å². The molecule has 19 heavy (non-hydrogen) atoms. The highest BCUT2D eigenvalue weighted by Gasteiger charge is 2.12. The summed E-state index contributed by atoms with van der Waals surface area (Å²) in [4.78, 5) is 22.5. The molecule has 2 N–H and O–H groups in total. The summed E-state index contributed by atoms with van der Waals surface area (Å²) in [5, 5.41) is 11.6. The molecule has 0 heterocycles. The van der Waals surface area contributed by atoms with E-state index in [1.165, 1.54) is 12.1 Å². The van der Waals surface area contributed by atoms with E-state index in [-0.39, 0.29) is 29.9 Å². The lowest BCUT2D eigenvalue weighted by molar-refractivity contribution is -0.124. The number of hydrogen-bond acceptors (Lipinski definition) is 4. The van der Waals surface area contributed by atoms with E-state index >= 15 is 0 Å². The third-order valence-electron chi connectivity index (χ3n) is 2.30. The smallest absolute Gasteiger partial charge is 0.339 e. The van der Waals surface area contributed by atoms with E-state index < -0.39 is 5.97 Å². The minimum absolute atomic E-state index is 0.0280. The number of aromatic carboxylic acids is 1. The zero-order valence-corrected chi connectivity index (χ0v) is 10.9. The van der Waals surface area contributed by atoms with Crippen molar-refractivity contribution in [2.24, 2.45) is 0 Å². The Hall–Kier alpha value is -2.08. The van der Waals surface area contributed by atoms with Crippen LogP contribution in [0.25, 0.3) is 0 Å². The predicted octanol–water partition coefficient (Wildman–Crippen LogP) is 0.915. The number of carboxylic acid groups (broad SMARTS) is 1. The fraction of sp³-hybridized carbons (Fsp3) is 0.385. The van der Waals surface area contributed by atoms with Crippen molar-refractivity contribution in [3.8, 4) is 5.75 Å². The fourth-order valence-corrected chi connectivity index (χ4v) is 1.52. The Morgan fingerprint density at radius 2 is 2.05 bits per heavy atom. The number of amides is 1. The molecule has 1 rings (SSSR count). The van der Waals surface area contributed by atoms with Gasteiger partial charge in [0.1, 0.15) is 11.3 Å². The molecule has 6 nitrogen and oxygen atoms in total. The highest BCUT2D eigenvalue weighted by Crippen LogP contribution is 2.17. The molecule has 0 aliphatic carbocycles. The number of nitrogens with one attached hydrogen (secondary N) is 1. The van der Waals surface area contributed by atoms with Crippen molar-refractivity contribution in [2.75, 3.05) is 20.3 Å². The predicted molar refractivity (Wildman–Crippen MR) is 68.4 cm³/mol. The third kappa shape index (κ3) is 4.97. The number of rotatable bonds is 7. The van der Waals surface area contributed by atoms with Crippen molar-refractivity contribution in [1.82, 2.24) is 5.32 Å². The molecule has 104 valence electrons. The van der Waals surface area contributed by atoms with Gasteiger partial charge in [-0.1, -0.05) is 12.1 Å². The van der Waals surface area contributed by atoms with Gasteiger partial charge in [-0.2, -0.15) is 0 Å². The van der Waals surface area contributed by atoms with Crippen molar-refractivity contribution in [1.29, 1.82) is 0 Å². The summed E-state index contributed by atoms with van der Waals surface area (Å²) in [6.45, 7) is 1.96. The van der Waals surface area contributed by atoms with Crippen molar-refractivity contribution in [3.05, 3.63) is 29.8 Å². The fourth-order valence-electron chi connectivity index (χ4n) is 1.52. The maximum atomic E-state index is 11.5. The van der Waals surface area contributed by atoms with E-state index in [0.29, 0.717) is 6.61 Å². The normalized spacial score (nSPS) is 11.7. The van der Waals surface area contributed by atoms with Crippen LogP contribution in [-0.4, -0.2) is 43.3 Å². The van der Waals surface area contributed by atoms with Gasteiger partial charge in [0.2, 0.25) is 0 Å². The second-order valence-electron chi connectivity index (χ2n) is 4.01. The molecule has 0 aromatic heterocycles. The second-order valence-corrected chi connectivity index (χ2v) is 4.01. The number of ether oxygens (including phenoxy) is 2. The Labute approximate surface area is 111 Å². The van der Waals surface area contributed by atoms with Crippen LogP contribution in [0.1, 0.15) is 17.3 Å². The van der Waals surface area contributed by atoms with Crippen LogP contribution in [-0.2, 0) is 9.53 Å². The number of para-hydroxylation sites is 1. The van der Waals surface area contributed by atoms with Gasteiger partial charge in [-0.25, -0.2) is 4.79 Å². The monoisotopic (exact) mass is 267 g/mol. The molecule has 0 aliphatic heterocycles. The molecule has 0 fully saturated rings. The number of carbonyl (C=O) groups excluding carboxylic acids is 1. The van der Waals surface area contributed by atoms with E-state index in [1.54, 1.807) is 26.2 Å². The second kappa shape index (κ2) is 7.38. The van der Waals surface area contributed by atoms with Crippen LogP contribution >= 0.6 is 0 Å². The molecule has 1 amide bonds. The molecular formula is C13H17NO5.